The van der Waals surface area contributed by atoms with Crippen LogP contribution in [0.3, 0.4) is 0 Å². The second kappa shape index (κ2) is 9.52. The first kappa shape index (κ1) is 22.8. The Bertz CT molecular complexity index is 643. The summed E-state index contributed by atoms with van der Waals surface area (Å²) in [5, 5.41) is 20.2. The van der Waals surface area contributed by atoms with Gasteiger partial charge in [-0.15, -0.1) is 0 Å². The van der Waals surface area contributed by atoms with Gasteiger partial charge < -0.3 is 10.2 Å². The fourth-order valence-corrected chi connectivity index (χ4v) is 6.73. The van der Waals surface area contributed by atoms with Crippen molar-refractivity contribution in [2.24, 2.45) is 29.1 Å². The molecule has 0 saturated heterocycles. The highest BCUT2D eigenvalue weighted by atomic mass is 16.3. The normalized spacial score (nSPS) is 39.3. The van der Waals surface area contributed by atoms with Gasteiger partial charge in [-0.05, 0) is 78.8 Å². The highest BCUT2D eigenvalue weighted by molar-refractivity contribution is 5.38. The van der Waals surface area contributed by atoms with Crippen molar-refractivity contribution in [2.75, 3.05) is 0 Å². The number of hydrogen-bond donors (Lipinski definition) is 2. The van der Waals surface area contributed by atoms with Crippen LogP contribution in [0.15, 0.2) is 35.5 Å². The largest absolute Gasteiger partial charge is 0.393 e. The molecule has 0 aromatic heterocycles. The first-order valence-electron chi connectivity index (χ1n) is 12.2. The summed E-state index contributed by atoms with van der Waals surface area (Å²) < 4.78 is 0. The minimum Gasteiger partial charge on any atom is -0.393 e. The molecule has 0 heterocycles. The Morgan fingerprint density at radius 1 is 1.14 bits per heavy atom. The smallest absolute Gasteiger partial charge is 0.0811 e. The molecule has 3 aliphatic carbocycles. The van der Waals surface area contributed by atoms with Gasteiger partial charge in [0.25, 0.3) is 0 Å². The van der Waals surface area contributed by atoms with Crippen molar-refractivity contribution in [2.45, 2.75) is 104 Å². The second-order valence-electron chi connectivity index (χ2n) is 11.0. The SMILES string of the molecule is C=C1/C(=C\C=C2CCC[C@@]3(C)C2CC[C@@H]3[C@H](C)CCCC(C)C)C[C@@H](O)CC1O. The number of fused-ring (bicyclic) bond motifs is 1. The molecular weight excluding hydrogens is 356 g/mol. The van der Waals surface area contributed by atoms with E-state index in [4.69, 9.17) is 0 Å². The van der Waals surface area contributed by atoms with Crippen LogP contribution in [0, 0.1) is 29.1 Å². The Morgan fingerprint density at radius 2 is 1.90 bits per heavy atom. The minimum atomic E-state index is -0.595. The third-order valence-corrected chi connectivity index (χ3v) is 8.43. The third-order valence-electron chi connectivity index (χ3n) is 8.43. The summed E-state index contributed by atoms with van der Waals surface area (Å²) in [5.74, 6) is 3.20. The summed E-state index contributed by atoms with van der Waals surface area (Å²) in [6, 6.07) is 0. The molecule has 6 atom stereocenters. The molecule has 0 aliphatic heterocycles. The van der Waals surface area contributed by atoms with E-state index in [-0.39, 0.29) is 0 Å². The van der Waals surface area contributed by atoms with Crippen LogP contribution in [-0.4, -0.2) is 22.4 Å². The maximum atomic E-state index is 10.1. The van der Waals surface area contributed by atoms with Crippen LogP contribution in [0.1, 0.15) is 91.9 Å². The molecule has 2 N–H and O–H groups in total. The Labute approximate surface area is 179 Å². The predicted molar refractivity (Wildman–Crippen MR) is 123 cm³/mol. The molecule has 0 amide bonds. The monoisotopic (exact) mass is 400 g/mol. The number of aliphatic hydroxyl groups excluding tert-OH is 2. The van der Waals surface area contributed by atoms with Gasteiger partial charge in [0.05, 0.1) is 12.2 Å². The predicted octanol–water partition coefficient (Wildman–Crippen LogP) is 6.59. The van der Waals surface area contributed by atoms with Gasteiger partial charge in [-0.3, -0.25) is 0 Å². The van der Waals surface area contributed by atoms with Crippen molar-refractivity contribution in [3.8, 4) is 0 Å². The molecule has 0 bridgehead atoms. The molecule has 0 spiro atoms. The number of allylic oxidation sites excluding steroid dienone is 3. The first-order chi connectivity index (χ1) is 13.7. The number of hydrogen-bond acceptors (Lipinski definition) is 2. The molecule has 29 heavy (non-hydrogen) atoms. The van der Waals surface area contributed by atoms with Crippen molar-refractivity contribution in [3.05, 3.63) is 35.5 Å². The average Bonchev–Trinajstić information content (AvgIpc) is 3.00. The topological polar surface area (TPSA) is 40.5 Å². The Morgan fingerprint density at radius 3 is 2.62 bits per heavy atom. The summed E-state index contributed by atoms with van der Waals surface area (Å²) in [6.45, 7) is 13.8. The van der Waals surface area contributed by atoms with Gasteiger partial charge in [-0.2, -0.15) is 0 Å². The highest BCUT2D eigenvalue weighted by Gasteiger charge is 2.50. The summed E-state index contributed by atoms with van der Waals surface area (Å²) >= 11 is 0. The van der Waals surface area contributed by atoms with Crippen LogP contribution in [-0.2, 0) is 0 Å². The quantitative estimate of drug-likeness (QED) is 0.528. The molecule has 0 radical (unpaired) electrons. The fraction of sp³-hybridized carbons (Fsp3) is 0.778. The van der Waals surface area contributed by atoms with Crippen LogP contribution in [0.25, 0.3) is 0 Å². The van der Waals surface area contributed by atoms with Gasteiger partial charge in [-0.25, -0.2) is 0 Å². The van der Waals surface area contributed by atoms with Gasteiger partial charge in [-0.1, -0.05) is 71.3 Å². The van der Waals surface area contributed by atoms with Crippen LogP contribution in [0.5, 0.6) is 0 Å². The van der Waals surface area contributed by atoms with E-state index < -0.39 is 12.2 Å². The van der Waals surface area contributed by atoms with Gasteiger partial charge in [0.2, 0.25) is 0 Å². The highest BCUT2D eigenvalue weighted by Crippen LogP contribution is 2.59. The molecular formula is C27H44O2. The van der Waals surface area contributed by atoms with Crippen LogP contribution >= 0.6 is 0 Å². The molecule has 3 fully saturated rings. The molecule has 0 aromatic rings. The molecule has 0 aromatic carbocycles. The van der Waals surface area contributed by atoms with Crippen molar-refractivity contribution in [1.82, 2.24) is 0 Å². The zero-order valence-corrected chi connectivity index (χ0v) is 19.3. The van der Waals surface area contributed by atoms with Crippen LogP contribution in [0.2, 0.25) is 0 Å². The minimum absolute atomic E-state index is 0.420. The first-order valence-corrected chi connectivity index (χ1v) is 12.2. The summed E-state index contributed by atoms with van der Waals surface area (Å²) in [5.41, 5.74) is 3.88. The van der Waals surface area contributed by atoms with Gasteiger partial charge in [0, 0.05) is 6.42 Å². The van der Waals surface area contributed by atoms with Crippen molar-refractivity contribution in [3.63, 3.8) is 0 Å². The zero-order chi connectivity index (χ0) is 21.2. The van der Waals surface area contributed by atoms with E-state index in [0.29, 0.717) is 24.2 Å². The van der Waals surface area contributed by atoms with Crippen molar-refractivity contribution in [1.29, 1.82) is 0 Å². The van der Waals surface area contributed by atoms with E-state index >= 15 is 0 Å². The van der Waals surface area contributed by atoms with E-state index in [2.05, 4.69) is 46.4 Å². The maximum Gasteiger partial charge on any atom is 0.0811 e. The summed E-state index contributed by atoms with van der Waals surface area (Å²) in [7, 11) is 0. The number of aliphatic hydroxyl groups is 2. The van der Waals surface area contributed by atoms with E-state index in [1.165, 1.54) is 51.4 Å². The lowest BCUT2D eigenvalue weighted by Gasteiger charge is -2.44. The van der Waals surface area contributed by atoms with Crippen LogP contribution < -0.4 is 0 Å². The molecule has 164 valence electrons. The fourth-order valence-electron chi connectivity index (χ4n) is 6.73. The lowest BCUT2D eigenvalue weighted by atomic mass is 9.60. The molecule has 2 heteroatoms. The lowest BCUT2D eigenvalue weighted by Crippen LogP contribution is -2.36. The molecule has 3 aliphatic rings. The zero-order valence-electron chi connectivity index (χ0n) is 19.3. The van der Waals surface area contributed by atoms with Gasteiger partial charge in [0.1, 0.15) is 0 Å². The van der Waals surface area contributed by atoms with E-state index in [9.17, 15) is 10.2 Å². The summed E-state index contributed by atoms with van der Waals surface area (Å²) in [4.78, 5) is 0. The van der Waals surface area contributed by atoms with Crippen molar-refractivity contribution < 1.29 is 10.2 Å². The Balaban J connectivity index is 1.71. The Kier molecular flexibility index (Phi) is 7.49. The van der Waals surface area contributed by atoms with Crippen LogP contribution in [0.4, 0.5) is 0 Å². The van der Waals surface area contributed by atoms with Crippen molar-refractivity contribution >= 4 is 0 Å². The summed E-state index contributed by atoms with van der Waals surface area (Å²) in [6.07, 6.45) is 15.2. The second-order valence-corrected chi connectivity index (χ2v) is 11.0. The van der Waals surface area contributed by atoms with E-state index in [1.807, 2.05) is 0 Å². The van der Waals surface area contributed by atoms with E-state index in [0.717, 1.165) is 28.9 Å². The lowest BCUT2D eigenvalue weighted by molar-refractivity contribution is 0.0861. The van der Waals surface area contributed by atoms with Gasteiger partial charge >= 0.3 is 0 Å². The molecule has 3 rings (SSSR count). The standard InChI is InChI=1S/C27H44O2/c1-18(2)8-6-9-19(3)24-13-14-25-21(10-7-15-27(24,25)5)11-12-22-16-23(28)17-26(29)20(22)4/h11-12,18-19,23-26,28-29H,4,6-10,13-17H2,1-3,5H3/b21-11?,22-12-/t19-,23-,24-,25?,26?,27-/m1/s1. The molecule has 2 unspecified atom stereocenters. The van der Waals surface area contributed by atoms with E-state index in [1.54, 1.807) is 5.57 Å². The maximum absolute atomic E-state index is 10.1. The third kappa shape index (κ3) is 5.07. The molecule has 2 nitrogen and oxygen atoms in total. The van der Waals surface area contributed by atoms with Gasteiger partial charge in [0.15, 0.2) is 0 Å². The average molecular weight is 401 g/mol. The Hall–Kier alpha value is -0.860. The molecule has 3 saturated carbocycles. The number of rotatable bonds is 6.